The van der Waals surface area contributed by atoms with E-state index in [9.17, 15) is 13.2 Å². The lowest BCUT2D eigenvalue weighted by atomic mass is 10.0. The van der Waals surface area contributed by atoms with Crippen molar-refractivity contribution in [1.29, 1.82) is 0 Å². The Morgan fingerprint density at radius 1 is 0.933 bits per heavy atom. The number of aryl methyl sites for hydroxylation is 2. The maximum Gasteiger partial charge on any atom is 0.265 e. The van der Waals surface area contributed by atoms with E-state index in [0.29, 0.717) is 17.9 Å². The Bertz CT molecular complexity index is 1170. The summed E-state index contributed by atoms with van der Waals surface area (Å²) in [5.74, 6) is -0.167. The normalized spacial score (nSPS) is 11.2. The molecule has 0 aromatic heterocycles. The first-order chi connectivity index (χ1) is 14.2. The third kappa shape index (κ3) is 4.91. The van der Waals surface area contributed by atoms with Crippen LogP contribution in [0.4, 0.5) is 0 Å². The van der Waals surface area contributed by atoms with Crippen LogP contribution < -0.4 is 9.46 Å². The molecule has 7 heteroatoms. The largest absolute Gasteiger partial charge is 0.489 e. The Balaban J connectivity index is 1.80. The van der Waals surface area contributed by atoms with E-state index in [2.05, 4.69) is 20.7 Å². The first-order valence-electron chi connectivity index (χ1n) is 9.29. The average Bonchev–Trinajstić information content (AvgIpc) is 2.68. The van der Waals surface area contributed by atoms with Gasteiger partial charge in [0.1, 0.15) is 12.4 Å². The van der Waals surface area contributed by atoms with Gasteiger partial charge in [0.05, 0.1) is 4.90 Å². The SMILES string of the molecule is Cc1cccc(C)c1COc1cccc(C(=O)NS(=O)(=O)c2ccc(Br)cc2)c1C. The van der Waals surface area contributed by atoms with Crippen molar-refractivity contribution in [1.82, 2.24) is 4.72 Å². The van der Waals surface area contributed by atoms with Crippen molar-refractivity contribution in [2.24, 2.45) is 0 Å². The zero-order valence-corrected chi connectivity index (χ0v) is 19.3. The standard InChI is InChI=1S/C23H22BrNO4S/c1-15-6-4-7-16(2)21(15)14-29-22-9-5-8-20(17(22)3)23(26)25-30(27,28)19-12-10-18(24)11-13-19/h4-13H,14H2,1-3H3,(H,25,26). The van der Waals surface area contributed by atoms with E-state index in [1.54, 1.807) is 37.3 Å². The van der Waals surface area contributed by atoms with Crippen LogP contribution in [0, 0.1) is 20.8 Å². The lowest BCUT2D eigenvalue weighted by Crippen LogP contribution is -2.31. The fraction of sp³-hybridized carbons (Fsp3) is 0.174. The van der Waals surface area contributed by atoms with Gasteiger partial charge in [-0.2, -0.15) is 0 Å². The Morgan fingerprint density at radius 3 is 2.17 bits per heavy atom. The second-order valence-corrected chi connectivity index (χ2v) is 9.57. The summed E-state index contributed by atoms with van der Waals surface area (Å²) in [5, 5.41) is 0. The number of sulfonamides is 1. The van der Waals surface area contributed by atoms with Gasteiger partial charge in [0.2, 0.25) is 0 Å². The number of amides is 1. The second-order valence-electron chi connectivity index (χ2n) is 6.98. The van der Waals surface area contributed by atoms with E-state index >= 15 is 0 Å². The molecular weight excluding hydrogens is 466 g/mol. The van der Waals surface area contributed by atoms with Gasteiger partial charge in [-0.05, 0) is 73.9 Å². The van der Waals surface area contributed by atoms with Crippen molar-refractivity contribution in [3.63, 3.8) is 0 Å². The van der Waals surface area contributed by atoms with Crippen LogP contribution in [0.2, 0.25) is 0 Å². The summed E-state index contributed by atoms with van der Waals surface area (Å²) >= 11 is 3.26. The molecule has 0 aliphatic rings. The zero-order valence-electron chi connectivity index (χ0n) is 16.9. The number of hydrogen-bond donors (Lipinski definition) is 1. The molecule has 0 aliphatic heterocycles. The number of nitrogens with one attached hydrogen (secondary N) is 1. The molecule has 5 nitrogen and oxygen atoms in total. The number of carbonyl (C=O) groups excluding carboxylic acids is 1. The van der Waals surface area contributed by atoms with E-state index in [1.807, 2.05) is 32.0 Å². The van der Waals surface area contributed by atoms with Crippen LogP contribution in [0.25, 0.3) is 0 Å². The monoisotopic (exact) mass is 487 g/mol. The lowest BCUT2D eigenvalue weighted by molar-refractivity contribution is 0.0980. The number of rotatable bonds is 6. The smallest absolute Gasteiger partial charge is 0.265 e. The van der Waals surface area contributed by atoms with E-state index in [0.717, 1.165) is 21.2 Å². The summed E-state index contributed by atoms with van der Waals surface area (Å²) in [6.45, 7) is 6.15. The first-order valence-corrected chi connectivity index (χ1v) is 11.6. The van der Waals surface area contributed by atoms with Gasteiger partial charge in [-0.1, -0.05) is 40.2 Å². The van der Waals surface area contributed by atoms with E-state index in [1.165, 1.54) is 12.1 Å². The topological polar surface area (TPSA) is 72.5 Å². The predicted octanol–water partition coefficient (Wildman–Crippen LogP) is 5.07. The highest BCUT2D eigenvalue weighted by atomic mass is 79.9. The minimum Gasteiger partial charge on any atom is -0.489 e. The number of carbonyl (C=O) groups is 1. The van der Waals surface area contributed by atoms with Gasteiger partial charge in [-0.15, -0.1) is 0 Å². The van der Waals surface area contributed by atoms with Crippen LogP contribution in [0.5, 0.6) is 5.75 Å². The van der Waals surface area contributed by atoms with Crippen LogP contribution in [0.15, 0.2) is 70.0 Å². The average molecular weight is 488 g/mol. The summed E-state index contributed by atoms with van der Waals surface area (Å²) in [5.41, 5.74) is 4.16. The molecule has 1 N–H and O–H groups in total. The lowest BCUT2D eigenvalue weighted by Gasteiger charge is -2.15. The maximum atomic E-state index is 12.7. The predicted molar refractivity (Wildman–Crippen MR) is 120 cm³/mol. The highest BCUT2D eigenvalue weighted by Gasteiger charge is 2.21. The molecule has 0 radical (unpaired) electrons. The molecule has 156 valence electrons. The molecule has 0 aliphatic carbocycles. The molecule has 0 atom stereocenters. The number of hydrogen-bond acceptors (Lipinski definition) is 4. The zero-order chi connectivity index (χ0) is 21.9. The summed E-state index contributed by atoms with van der Waals surface area (Å²) < 4.78 is 33.9. The van der Waals surface area contributed by atoms with Crippen LogP contribution in [-0.2, 0) is 16.6 Å². The van der Waals surface area contributed by atoms with Gasteiger partial charge < -0.3 is 4.74 Å². The maximum absolute atomic E-state index is 12.7. The van der Waals surface area contributed by atoms with Gasteiger partial charge >= 0.3 is 0 Å². The van der Waals surface area contributed by atoms with Crippen molar-refractivity contribution in [3.8, 4) is 5.75 Å². The third-order valence-corrected chi connectivity index (χ3v) is 6.77. The molecule has 0 fully saturated rings. The molecule has 3 aromatic carbocycles. The first kappa shape index (κ1) is 22.1. The fourth-order valence-electron chi connectivity index (χ4n) is 3.09. The van der Waals surface area contributed by atoms with Gasteiger partial charge in [-0.25, -0.2) is 13.1 Å². The Morgan fingerprint density at radius 2 is 1.53 bits per heavy atom. The molecule has 0 bridgehead atoms. The number of ether oxygens (including phenoxy) is 1. The fourth-order valence-corrected chi connectivity index (χ4v) is 4.32. The molecule has 0 spiro atoms. The Hall–Kier alpha value is -2.64. The van der Waals surface area contributed by atoms with Gasteiger partial charge in [0, 0.05) is 15.6 Å². The second kappa shape index (κ2) is 9.02. The van der Waals surface area contributed by atoms with Crippen LogP contribution in [0.3, 0.4) is 0 Å². The number of halogens is 1. The van der Waals surface area contributed by atoms with Crippen LogP contribution in [0.1, 0.15) is 32.6 Å². The van der Waals surface area contributed by atoms with Crippen molar-refractivity contribution in [2.75, 3.05) is 0 Å². The van der Waals surface area contributed by atoms with Crippen LogP contribution >= 0.6 is 15.9 Å². The molecular formula is C23H22BrNO4S. The minimum absolute atomic E-state index is 0.0131. The summed E-state index contributed by atoms with van der Waals surface area (Å²) in [6.07, 6.45) is 0. The highest BCUT2D eigenvalue weighted by molar-refractivity contribution is 9.10. The number of benzene rings is 3. The summed E-state index contributed by atoms with van der Waals surface area (Å²) in [7, 11) is -3.98. The van der Waals surface area contributed by atoms with E-state index in [-0.39, 0.29) is 10.5 Å². The van der Waals surface area contributed by atoms with Crippen molar-refractivity contribution in [3.05, 3.63) is 93.0 Å². The van der Waals surface area contributed by atoms with Gasteiger partial charge in [0.25, 0.3) is 15.9 Å². The molecule has 30 heavy (non-hydrogen) atoms. The Kier molecular flexibility index (Phi) is 6.63. The molecule has 0 unspecified atom stereocenters. The molecule has 1 amide bonds. The molecule has 3 aromatic rings. The van der Waals surface area contributed by atoms with Crippen molar-refractivity contribution >= 4 is 31.9 Å². The van der Waals surface area contributed by atoms with Gasteiger partial charge in [-0.3, -0.25) is 4.79 Å². The van der Waals surface area contributed by atoms with Crippen molar-refractivity contribution < 1.29 is 17.9 Å². The van der Waals surface area contributed by atoms with Gasteiger partial charge in [0.15, 0.2) is 0 Å². The molecule has 0 heterocycles. The molecule has 3 rings (SSSR count). The third-order valence-electron chi connectivity index (χ3n) is 4.90. The quantitative estimate of drug-likeness (QED) is 0.526. The molecule has 0 saturated heterocycles. The van der Waals surface area contributed by atoms with Crippen molar-refractivity contribution in [2.45, 2.75) is 32.3 Å². The Labute approximate surface area is 185 Å². The minimum atomic E-state index is -3.98. The highest BCUT2D eigenvalue weighted by Crippen LogP contribution is 2.24. The summed E-state index contributed by atoms with van der Waals surface area (Å²) in [6, 6.07) is 17.1. The van der Waals surface area contributed by atoms with E-state index < -0.39 is 15.9 Å². The van der Waals surface area contributed by atoms with E-state index in [4.69, 9.17) is 4.74 Å². The molecule has 0 saturated carbocycles. The summed E-state index contributed by atoms with van der Waals surface area (Å²) in [4.78, 5) is 12.7. The van der Waals surface area contributed by atoms with Crippen LogP contribution in [-0.4, -0.2) is 14.3 Å².